The van der Waals surface area contributed by atoms with E-state index in [2.05, 4.69) is 5.32 Å². The number of carbonyl (C=O) groups is 1. The molecule has 2 saturated heterocycles. The van der Waals surface area contributed by atoms with Crippen molar-refractivity contribution in [1.82, 2.24) is 5.32 Å². The third-order valence-corrected chi connectivity index (χ3v) is 2.28. The summed E-state index contributed by atoms with van der Waals surface area (Å²) in [5.41, 5.74) is 0. The molecule has 4 nitrogen and oxygen atoms in total. The first-order valence-electron chi connectivity index (χ1n) is 4.32. The third-order valence-electron chi connectivity index (χ3n) is 2.28. The second kappa shape index (κ2) is 3.41. The van der Waals surface area contributed by atoms with Crippen molar-refractivity contribution >= 4 is 5.91 Å². The Morgan fingerprint density at radius 2 is 2.08 bits per heavy atom. The van der Waals surface area contributed by atoms with Crippen molar-refractivity contribution in [1.29, 1.82) is 0 Å². The maximum absolute atomic E-state index is 11.3. The summed E-state index contributed by atoms with van der Waals surface area (Å²) in [6.45, 7) is 2.60. The average Bonchev–Trinajstić information content (AvgIpc) is 2.34. The van der Waals surface area contributed by atoms with Crippen LogP contribution in [0.4, 0.5) is 0 Å². The summed E-state index contributed by atoms with van der Waals surface area (Å²) in [5.74, 6) is 0.211. The van der Waals surface area contributed by atoms with Gasteiger partial charge in [-0.1, -0.05) is 0 Å². The molecule has 0 saturated carbocycles. The first-order chi connectivity index (χ1) is 5.86. The van der Waals surface area contributed by atoms with E-state index in [4.69, 9.17) is 9.47 Å². The molecule has 0 spiro atoms. The molecule has 2 aliphatic heterocycles. The standard InChI is InChI=1S/C8H13NO3/c10-8(6-3-12-4-6)9-7-1-2-11-5-7/h6-7H,1-5H2,(H,9,10). The molecule has 1 atom stereocenters. The van der Waals surface area contributed by atoms with Gasteiger partial charge in [0, 0.05) is 6.61 Å². The molecule has 0 aromatic carbocycles. The first kappa shape index (κ1) is 8.01. The molecule has 0 aromatic heterocycles. The molecule has 1 amide bonds. The molecule has 0 bridgehead atoms. The Bertz CT molecular complexity index is 173. The maximum atomic E-state index is 11.3. The van der Waals surface area contributed by atoms with E-state index in [1.807, 2.05) is 0 Å². The Hall–Kier alpha value is -0.610. The van der Waals surface area contributed by atoms with Gasteiger partial charge in [-0.15, -0.1) is 0 Å². The SMILES string of the molecule is O=C(NC1CCOC1)C1COC1. The van der Waals surface area contributed by atoms with E-state index in [0.717, 1.165) is 13.0 Å². The van der Waals surface area contributed by atoms with Crippen LogP contribution in [0.2, 0.25) is 0 Å². The van der Waals surface area contributed by atoms with Crippen molar-refractivity contribution in [3.63, 3.8) is 0 Å². The quantitative estimate of drug-likeness (QED) is 0.611. The molecule has 2 heterocycles. The molecule has 2 fully saturated rings. The van der Waals surface area contributed by atoms with Crippen LogP contribution < -0.4 is 5.32 Å². The largest absolute Gasteiger partial charge is 0.380 e. The Balaban J connectivity index is 1.73. The minimum absolute atomic E-state index is 0.0885. The molecular weight excluding hydrogens is 158 g/mol. The van der Waals surface area contributed by atoms with Gasteiger partial charge >= 0.3 is 0 Å². The van der Waals surface area contributed by atoms with E-state index in [1.165, 1.54) is 0 Å². The highest BCUT2D eigenvalue weighted by molar-refractivity contribution is 5.79. The highest BCUT2D eigenvalue weighted by Gasteiger charge is 2.28. The monoisotopic (exact) mass is 171 g/mol. The average molecular weight is 171 g/mol. The summed E-state index contributed by atoms with van der Waals surface area (Å²) in [6, 6.07) is 0.234. The first-order valence-corrected chi connectivity index (χ1v) is 4.32. The fourth-order valence-corrected chi connectivity index (χ4v) is 1.35. The predicted molar refractivity (Wildman–Crippen MR) is 41.7 cm³/mol. The van der Waals surface area contributed by atoms with Crippen LogP contribution in [0.15, 0.2) is 0 Å². The van der Waals surface area contributed by atoms with Crippen molar-refractivity contribution < 1.29 is 14.3 Å². The molecule has 68 valence electrons. The van der Waals surface area contributed by atoms with Crippen LogP contribution in [0.25, 0.3) is 0 Å². The summed E-state index contributed by atoms with van der Waals surface area (Å²) < 4.78 is 10.1. The number of hydrogen-bond donors (Lipinski definition) is 1. The Labute approximate surface area is 71.2 Å². The fourth-order valence-electron chi connectivity index (χ4n) is 1.35. The second-order valence-electron chi connectivity index (χ2n) is 3.30. The van der Waals surface area contributed by atoms with Gasteiger partial charge in [0.1, 0.15) is 0 Å². The summed E-state index contributed by atoms with van der Waals surface area (Å²) in [4.78, 5) is 11.3. The van der Waals surface area contributed by atoms with Crippen LogP contribution in [0, 0.1) is 5.92 Å². The van der Waals surface area contributed by atoms with Crippen LogP contribution in [-0.4, -0.2) is 38.4 Å². The highest BCUT2D eigenvalue weighted by Crippen LogP contribution is 2.11. The molecule has 12 heavy (non-hydrogen) atoms. The number of rotatable bonds is 2. The van der Waals surface area contributed by atoms with Gasteiger partial charge in [0.2, 0.25) is 5.91 Å². The van der Waals surface area contributed by atoms with Crippen LogP contribution >= 0.6 is 0 Å². The van der Waals surface area contributed by atoms with E-state index in [1.54, 1.807) is 0 Å². The van der Waals surface area contributed by atoms with Gasteiger partial charge in [-0.25, -0.2) is 0 Å². The number of nitrogens with one attached hydrogen (secondary N) is 1. The number of carbonyl (C=O) groups excluding carboxylic acids is 1. The van der Waals surface area contributed by atoms with Crippen molar-refractivity contribution in [3.05, 3.63) is 0 Å². The molecule has 4 heteroatoms. The molecule has 2 rings (SSSR count). The lowest BCUT2D eigenvalue weighted by atomic mass is 10.1. The number of ether oxygens (including phenoxy) is 2. The fraction of sp³-hybridized carbons (Fsp3) is 0.875. The van der Waals surface area contributed by atoms with Gasteiger partial charge in [0.15, 0.2) is 0 Å². The molecule has 0 aromatic rings. The van der Waals surface area contributed by atoms with E-state index < -0.39 is 0 Å². The van der Waals surface area contributed by atoms with Gasteiger partial charge in [0.25, 0.3) is 0 Å². The van der Waals surface area contributed by atoms with E-state index in [0.29, 0.717) is 19.8 Å². The van der Waals surface area contributed by atoms with Crippen molar-refractivity contribution in [3.8, 4) is 0 Å². The molecule has 0 aliphatic carbocycles. The minimum atomic E-state index is 0.0885. The summed E-state index contributed by atoms with van der Waals surface area (Å²) in [5, 5.41) is 2.94. The van der Waals surface area contributed by atoms with Crippen molar-refractivity contribution in [2.24, 2.45) is 5.92 Å². The normalized spacial score (nSPS) is 29.8. The van der Waals surface area contributed by atoms with Gasteiger partial charge in [-0.3, -0.25) is 4.79 Å². The van der Waals surface area contributed by atoms with Crippen LogP contribution in [0.3, 0.4) is 0 Å². The topological polar surface area (TPSA) is 47.6 Å². The highest BCUT2D eigenvalue weighted by atomic mass is 16.5. The summed E-state index contributed by atoms with van der Waals surface area (Å²) in [6.07, 6.45) is 0.944. The van der Waals surface area contributed by atoms with Crippen LogP contribution in [0.5, 0.6) is 0 Å². The molecule has 1 N–H and O–H groups in total. The Morgan fingerprint density at radius 1 is 1.25 bits per heavy atom. The summed E-state index contributed by atoms with van der Waals surface area (Å²) >= 11 is 0. The van der Waals surface area contributed by atoms with E-state index in [-0.39, 0.29) is 17.9 Å². The zero-order chi connectivity index (χ0) is 8.39. The van der Waals surface area contributed by atoms with Gasteiger partial charge in [0.05, 0.1) is 31.8 Å². The van der Waals surface area contributed by atoms with Gasteiger partial charge in [-0.2, -0.15) is 0 Å². The maximum Gasteiger partial charge on any atom is 0.228 e. The molecular formula is C8H13NO3. The minimum Gasteiger partial charge on any atom is -0.380 e. The molecule has 1 unspecified atom stereocenters. The summed E-state index contributed by atoms with van der Waals surface area (Å²) in [7, 11) is 0. The zero-order valence-electron chi connectivity index (χ0n) is 6.91. The lowest BCUT2D eigenvalue weighted by Gasteiger charge is -2.26. The van der Waals surface area contributed by atoms with Crippen LogP contribution in [-0.2, 0) is 14.3 Å². The Morgan fingerprint density at radius 3 is 2.58 bits per heavy atom. The number of hydrogen-bond acceptors (Lipinski definition) is 3. The molecule has 2 aliphatic rings. The predicted octanol–water partition coefficient (Wildman–Crippen LogP) is -0.462. The molecule has 0 radical (unpaired) electrons. The van der Waals surface area contributed by atoms with Gasteiger partial charge in [-0.05, 0) is 6.42 Å². The lowest BCUT2D eigenvalue weighted by Crippen LogP contribution is -2.46. The smallest absolute Gasteiger partial charge is 0.228 e. The van der Waals surface area contributed by atoms with Crippen LogP contribution in [0.1, 0.15) is 6.42 Å². The van der Waals surface area contributed by atoms with E-state index >= 15 is 0 Å². The Kier molecular flexibility index (Phi) is 2.28. The lowest BCUT2D eigenvalue weighted by molar-refractivity contribution is -0.139. The third kappa shape index (κ3) is 1.59. The van der Waals surface area contributed by atoms with E-state index in [9.17, 15) is 4.79 Å². The van der Waals surface area contributed by atoms with Crippen molar-refractivity contribution in [2.75, 3.05) is 26.4 Å². The van der Waals surface area contributed by atoms with Crippen molar-refractivity contribution in [2.45, 2.75) is 12.5 Å². The zero-order valence-corrected chi connectivity index (χ0v) is 6.91. The number of amides is 1. The second-order valence-corrected chi connectivity index (χ2v) is 3.30. The van der Waals surface area contributed by atoms with Gasteiger partial charge < -0.3 is 14.8 Å².